The van der Waals surface area contributed by atoms with Crippen LogP contribution in [0.3, 0.4) is 0 Å². The number of ketones is 2. The lowest BCUT2D eigenvalue weighted by molar-refractivity contribution is -0.121. The molecule has 152 valence electrons. The molecule has 0 aliphatic heterocycles. The highest BCUT2D eigenvalue weighted by molar-refractivity contribution is 6.10. The molecule has 0 radical (unpaired) electrons. The first-order chi connectivity index (χ1) is 14.8. The molecule has 2 rings (SSSR count). The van der Waals surface area contributed by atoms with Gasteiger partial charge in [-0.15, -0.1) is 0 Å². The zero-order valence-electron chi connectivity index (χ0n) is 18.8. The van der Waals surface area contributed by atoms with Crippen LogP contribution in [0.5, 0.6) is 23.0 Å². The van der Waals surface area contributed by atoms with Gasteiger partial charge in [0.1, 0.15) is 0 Å². The van der Waals surface area contributed by atoms with E-state index in [2.05, 4.69) is 0 Å². The first kappa shape index (κ1) is 18.8. The summed E-state index contributed by atoms with van der Waals surface area (Å²) in [6.45, 7) is 0. The van der Waals surface area contributed by atoms with Crippen molar-refractivity contribution in [2.45, 2.75) is 6.42 Å². The maximum absolute atomic E-state index is 12.2. The number of methoxy groups -OCH3 is 4. The van der Waals surface area contributed by atoms with E-state index in [9.17, 15) is 9.59 Å². The summed E-state index contributed by atoms with van der Waals surface area (Å²) in [7, 11) is 5.95. The van der Waals surface area contributed by atoms with Gasteiger partial charge in [-0.3, -0.25) is 9.59 Å². The smallest absolute Gasteiger partial charge is 0.163 e. The lowest BCUT2D eigenvalue weighted by Gasteiger charge is -2.07. The molecule has 2 aromatic rings. The van der Waals surface area contributed by atoms with E-state index >= 15 is 0 Å². The van der Waals surface area contributed by atoms with Crippen LogP contribution in [0.25, 0.3) is 12.1 Å². The first-order valence-corrected chi connectivity index (χ1v) is 8.70. The van der Waals surface area contributed by atoms with Crippen LogP contribution in [0, 0.1) is 0 Å². The molecule has 0 aliphatic carbocycles. The average molecular weight is 398 g/mol. The highest BCUT2D eigenvalue weighted by Gasteiger charge is 2.07. The fourth-order valence-electron chi connectivity index (χ4n) is 2.45. The Labute approximate surface area is 173 Å². The van der Waals surface area contributed by atoms with Gasteiger partial charge in [-0.05, 0) is 47.5 Å². The van der Waals surface area contributed by atoms with Crippen molar-refractivity contribution < 1.29 is 31.3 Å². The third-order valence-corrected chi connectivity index (χ3v) is 3.92. The van der Waals surface area contributed by atoms with Gasteiger partial charge in [-0.1, -0.05) is 24.2 Å². The van der Waals surface area contributed by atoms with Crippen molar-refractivity contribution in [3.05, 3.63) is 59.7 Å². The Bertz CT molecular complexity index is 945. The van der Waals surface area contributed by atoms with Crippen molar-refractivity contribution in [1.82, 2.24) is 0 Å². The molecular weight excluding hydrogens is 372 g/mol. The topological polar surface area (TPSA) is 71.1 Å². The molecule has 0 N–H and O–H groups in total. The van der Waals surface area contributed by atoms with Crippen molar-refractivity contribution in [3.8, 4) is 23.0 Å². The SMILES string of the molecule is [2H]/C(=C\C(=O)CC(=O)/C=C(\[2H])c1ccc(OC)c(OC)c1)c1ccc(OC)c(OC)c1. The molecule has 0 saturated carbocycles. The van der Waals surface area contributed by atoms with Gasteiger partial charge in [-0.2, -0.15) is 0 Å². The number of hydrogen-bond acceptors (Lipinski definition) is 6. The molecule has 0 aliphatic rings. The largest absolute Gasteiger partial charge is 0.493 e. The number of rotatable bonds is 10. The first-order valence-electron chi connectivity index (χ1n) is 9.70. The second-order valence-electron chi connectivity index (χ2n) is 5.83. The highest BCUT2D eigenvalue weighted by atomic mass is 16.5. The van der Waals surface area contributed by atoms with E-state index in [1.807, 2.05) is 0 Å². The van der Waals surface area contributed by atoms with Gasteiger partial charge in [0, 0.05) is 0 Å². The fraction of sp³-hybridized carbons (Fsp3) is 0.217. The second kappa shape index (κ2) is 10.7. The standard InChI is InChI=1S/C23H24O6/c1-26-20-11-7-16(13-22(20)28-3)5-9-18(24)15-19(25)10-6-17-8-12-21(27-2)23(14-17)29-4/h5-14H,15H2,1-4H3/b9-5+,10-6+/i5D,6D. The lowest BCUT2D eigenvalue weighted by Crippen LogP contribution is -2.02. The van der Waals surface area contributed by atoms with Gasteiger partial charge in [-0.25, -0.2) is 0 Å². The quantitative estimate of drug-likeness (QED) is 0.445. The number of carbonyl (C=O) groups excluding carboxylic acids is 2. The molecule has 0 spiro atoms. The van der Waals surface area contributed by atoms with Crippen LogP contribution in [0.15, 0.2) is 48.6 Å². The molecule has 0 amide bonds. The monoisotopic (exact) mass is 398 g/mol. The lowest BCUT2D eigenvalue weighted by atomic mass is 10.1. The van der Waals surface area contributed by atoms with E-state index in [1.54, 1.807) is 36.4 Å². The molecule has 6 heteroatoms. The summed E-state index contributed by atoms with van der Waals surface area (Å²) in [5, 5.41) is 0. The number of benzene rings is 2. The van der Waals surface area contributed by atoms with Crippen LogP contribution in [-0.2, 0) is 9.59 Å². The summed E-state index contributed by atoms with van der Waals surface area (Å²) in [6, 6.07) is 9.52. The van der Waals surface area contributed by atoms with Crippen LogP contribution >= 0.6 is 0 Å². The van der Waals surface area contributed by atoms with Crippen LogP contribution < -0.4 is 18.9 Å². The average Bonchev–Trinajstić information content (AvgIpc) is 2.77. The van der Waals surface area contributed by atoms with Crippen molar-refractivity contribution in [2.24, 2.45) is 0 Å². The maximum atomic E-state index is 12.2. The molecule has 0 aromatic heterocycles. The third kappa shape index (κ3) is 6.24. The zero-order valence-corrected chi connectivity index (χ0v) is 16.8. The Hall–Kier alpha value is -3.54. The zero-order chi connectivity index (χ0) is 23.0. The predicted molar refractivity (Wildman–Crippen MR) is 112 cm³/mol. The van der Waals surface area contributed by atoms with E-state index < -0.39 is 18.0 Å². The van der Waals surface area contributed by atoms with Crippen molar-refractivity contribution in [3.63, 3.8) is 0 Å². The molecule has 6 nitrogen and oxygen atoms in total. The number of ether oxygens (including phenoxy) is 4. The van der Waals surface area contributed by atoms with Gasteiger partial charge in [0.15, 0.2) is 34.6 Å². The summed E-state index contributed by atoms with van der Waals surface area (Å²) in [5.74, 6) is 0.784. The minimum Gasteiger partial charge on any atom is -0.493 e. The number of carbonyl (C=O) groups is 2. The number of allylic oxidation sites excluding steroid dienone is 2. The van der Waals surface area contributed by atoms with Gasteiger partial charge < -0.3 is 18.9 Å². The van der Waals surface area contributed by atoms with E-state index in [0.717, 1.165) is 12.2 Å². The Morgan fingerprint density at radius 1 is 0.724 bits per heavy atom. The summed E-state index contributed by atoms with van der Waals surface area (Å²) in [5.41, 5.74) is 0.890. The Morgan fingerprint density at radius 3 is 1.45 bits per heavy atom. The molecule has 0 fully saturated rings. The van der Waals surface area contributed by atoms with Gasteiger partial charge >= 0.3 is 0 Å². The van der Waals surface area contributed by atoms with Crippen LogP contribution in [-0.4, -0.2) is 40.0 Å². The minimum absolute atomic E-state index is 0.0614. The molecule has 0 atom stereocenters. The Kier molecular flexibility index (Phi) is 6.94. The summed E-state index contributed by atoms with van der Waals surface area (Å²) in [6.07, 6.45) is 1.70. The van der Waals surface area contributed by atoms with Gasteiger partial charge in [0.05, 0.1) is 37.6 Å². The number of hydrogen-bond donors (Lipinski definition) is 0. The molecule has 0 heterocycles. The van der Waals surface area contributed by atoms with Crippen molar-refractivity contribution in [1.29, 1.82) is 0 Å². The van der Waals surface area contributed by atoms with E-state index in [4.69, 9.17) is 21.7 Å². The Balaban J connectivity index is 2.12. The third-order valence-electron chi connectivity index (χ3n) is 3.92. The van der Waals surface area contributed by atoms with Crippen LogP contribution in [0.1, 0.15) is 20.3 Å². The summed E-state index contributed by atoms with van der Waals surface area (Å²) < 4.78 is 36.9. The van der Waals surface area contributed by atoms with Crippen LogP contribution in [0.4, 0.5) is 0 Å². The second-order valence-corrected chi connectivity index (χ2v) is 5.83. The predicted octanol–water partition coefficient (Wildman–Crippen LogP) is 3.98. The minimum atomic E-state index is -0.541. The normalized spacial score (nSPS) is 12.6. The fourth-order valence-corrected chi connectivity index (χ4v) is 2.45. The molecule has 0 unspecified atom stereocenters. The molecule has 0 bridgehead atoms. The maximum Gasteiger partial charge on any atom is 0.163 e. The van der Waals surface area contributed by atoms with E-state index in [1.165, 1.54) is 28.4 Å². The highest BCUT2D eigenvalue weighted by Crippen LogP contribution is 2.28. The van der Waals surface area contributed by atoms with Crippen molar-refractivity contribution in [2.75, 3.05) is 28.4 Å². The summed E-state index contributed by atoms with van der Waals surface area (Å²) >= 11 is 0. The molecule has 0 saturated heterocycles. The van der Waals surface area contributed by atoms with Gasteiger partial charge in [0.25, 0.3) is 0 Å². The van der Waals surface area contributed by atoms with Crippen molar-refractivity contribution >= 4 is 23.7 Å². The molecular formula is C23H24O6. The molecule has 29 heavy (non-hydrogen) atoms. The van der Waals surface area contributed by atoms with E-state index in [0.29, 0.717) is 34.1 Å². The van der Waals surface area contributed by atoms with E-state index in [-0.39, 0.29) is 12.1 Å². The van der Waals surface area contributed by atoms with Crippen LogP contribution in [0.2, 0.25) is 0 Å². The summed E-state index contributed by atoms with van der Waals surface area (Å²) in [4.78, 5) is 24.4. The molecule has 2 aromatic carbocycles. The van der Waals surface area contributed by atoms with Gasteiger partial charge in [0.2, 0.25) is 0 Å². The Morgan fingerprint density at radius 2 is 1.10 bits per heavy atom.